The van der Waals surface area contributed by atoms with Crippen LogP contribution < -0.4 is 10.1 Å². The van der Waals surface area contributed by atoms with Crippen molar-refractivity contribution in [3.05, 3.63) is 59.2 Å². The van der Waals surface area contributed by atoms with E-state index in [0.29, 0.717) is 24.3 Å². The van der Waals surface area contributed by atoms with Gasteiger partial charge in [0.1, 0.15) is 5.75 Å². The summed E-state index contributed by atoms with van der Waals surface area (Å²) in [6, 6.07) is 12.8. The molecule has 0 saturated carbocycles. The molecule has 0 unspecified atom stereocenters. The number of piperidine rings is 1. The van der Waals surface area contributed by atoms with Crippen molar-refractivity contribution in [1.29, 1.82) is 0 Å². The zero-order valence-corrected chi connectivity index (χ0v) is 18.8. The molecule has 1 amide bonds. The highest BCUT2D eigenvalue weighted by molar-refractivity contribution is 7.89. The van der Waals surface area contributed by atoms with Crippen LogP contribution in [-0.4, -0.2) is 38.8 Å². The van der Waals surface area contributed by atoms with Crippen molar-refractivity contribution in [2.24, 2.45) is 5.92 Å². The minimum atomic E-state index is -3.63. The quantitative estimate of drug-likeness (QED) is 0.760. The summed E-state index contributed by atoms with van der Waals surface area (Å²) in [5, 5.41) is 3.03. The molecule has 2 aromatic carbocycles. The highest BCUT2D eigenvalue weighted by Crippen LogP contribution is 2.27. The lowest BCUT2D eigenvalue weighted by Gasteiger charge is -2.32. The fraction of sp³-hybridized carbons (Fsp3) is 0.435. The molecule has 1 aliphatic rings. The molecule has 1 N–H and O–H groups in total. The number of carbonyl (C=O) groups excluding carboxylic acids is 1. The van der Waals surface area contributed by atoms with Crippen molar-refractivity contribution in [3.63, 3.8) is 0 Å². The molecule has 0 radical (unpaired) electrons. The van der Waals surface area contributed by atoms with Gasteiger partial charge in [0.15, 0.2) is 0 Å². The summed E-state index contributed by atoms with van der Waals surface area (Å²) in [5.41, 5.74) is 2.60. The number of benzene rings is 2. The lowest BCUT2D eigenvalue weighted by Crippen LogP contribution is -2.45. The van der Waals surface area contributed by atoms with E-state index in [9.17, 15) is 13.2 Å². The smallest absolute Gasteiger partial charge is 0.243 e. The zero-order chi connectivity index (χ0) is 21.9. The van der Waals surface area contributed by atoms with Gasteiger partial charge in [-0.15, -0.1) is 0 Å². The van der Waals surface area contributed by atoms with Gasteiger partial charge in [-0.25, -0.2) is 8.42 Å². The average molecular weight is 431 g/mol. The minimum absolute atomic E-state index is 0.112. The van der Waals surface area contributed by atoms with Crippen LogP contribution in [0.2, 0.25) is 0 Å². The van der Waals surface area contributed by atoms with Crippen LogP contribution in [0.1, 0.15) is 42.5 Å². The molecule has 1 fully saturated rings. The zero-order valence-electron chi connectivity index (χ0n) is 18.0. The number of ether oxygens (including phenoxy) is 1. The van der Waals surface area contributed by atoms with Crippen molar-refractivity contribution < 1.29 is 17.9 Å². The molecule has 1 saturated heterocycles. The first-order chi connectivity index (χ1) is 14.2. The summed E-state index contributed by atoms with van der Waals surface area (Å²) in [6.45, 7) is 6.25. The Morgan fingerprint density at radius 2 is 1.87 bits per heavy atom. The molecule has 2 aromatic rings. The Labute approximate surface area is 179 Å². The van der Waals surface area contributed by atoms with Gasteiger partial charge in [-0.05, 0) is 68.5 Å². The van der Waals surface area contributed by atoms with Gasteiger partial charge < -0.3 is 10.1 Å². The van der Waals surface area contributed by atoms with Crippen LogP contribution in [0, 0.1) is 19.8 Å². The van der Waals surface area contributed by atoms with Gasteiger partial charge in [0.05, 0.1) is 24.0 Å². The normalized spacial score (nSPS) is 18.6. The van der Waals surface area contributed by atoms with E-state index < -0.39 is 10.0 Å². The van der Waals surface area contributed by atoms with Crippen molar-refractivity contribution in [1.82, 2.24) is 9.62 Å². The fourth-order valence-corrected chi connectivity index (χ4v) is 5.64. The van der Waals surface area contributed by atoms with E-state index in [-0.39, 0.29) is 24.4 Å². The number of methoxy groups -OCH3 is 1. The maximum absolute atomic E-state index is 13.2. The van der Waals surface area contributed by atoms with E-state index in [0.717, 1.165) is 22.4 Å². The van der Waals surface area contributed by atoms with Gasteiger partial charge in [0.2, 0.25) is 15.9 Å². The second kappa shape index (κ2) is 9.18. The van der Waals surface area contributed by atoms with Gasteiger partial charge in [-0.3, -0.25) is 4.79 Å². The minimum Gasteiger partial charge on any atom is -0.497 e. The molecule has 30 heavy (non-hydrogen) atoms. The lowest BCUT2D eigenvalue weighted by atomic mass is 9.98. The Kier molecular flexibility index (Phi) is 6.83. The lowest BCUT2D eigenvalue weighted by molar-refractivity contribution is -0.126. The van der Waals surface area contributed by atoms with Crippen LogP contribution in [-0.2, 0) is 14.8 Å². The molecule has 2 atom stereocenters. The van der Waals surface area contributed by atoms with Gasteiger partial charge >= 0.3 is 0 Å². The first kappa shape index (κ1) is 22.3. The molecule has 3 rings (SSSR count). The summed E-state index contributed by atoms with van der Waals surface area (Å²) in [5.74, 6) is 0.287. The van der Waals surface area contributed by atoms with Crippen molar-refractivity contribution in [3.8, 4) is 5.75 Å². The molecule has 0 aliphatic carbocycles. The number of nitrogens with one attached hydrogen (secondary N) is 1. The first-order valence-electron chi connectivity index (χ1n) is 10.2. The second-order valence-electron chi connectivity index (χ2n) is 7.97. The average Bonchev–Trinajstić information content (AvgIpc) is 2.75. The van der Waals surface area contributed by atoms with Crippen molar-refractivity contribution >= 4 is 15.9 Å². The third kappa shape index (κ3) is 4.84. The third-order valence-corrected chi connectivity index (χ3v) is 7.70. The monoisotopic (exact) mass is 430 g/mol. The van der Waals surface area contributed by atoms with Crippen LogP contribution >= 0.6 is 0 Å². The van der Waals surface area contributed by atoms with Crippen LogP contribution in [0.3, 0.4) is 0 Å². The summed E-state index contributed by atoms with van der Waals surface area (Å²) >= 11 is 0. The van der Waals surface area contributed by atoms with Crippen LogP contribution in [0.4, 0.5) is 0 Å². The Morgan fingerprint density at radius 1 is 1.17 bits per heavy atom. The molecule has 1 aliphatic heterocycles. The fourth-order valence-electron chi connectivity index (χ4n) is 3.81. The Hall–Kier alpha value is -2.38. The van der Waals surface area contributed by atoms with Gasteiger partial charge in [-0.2, -0.15) is 4.31 Å². The van der Waals surface area contributed by atoms with E-state index in [1.807, 2.05) is 50.2 Å². The van der Waals surface area contributed by atoms with E-state index in [2.05, 4.69) is 5.32 Å². The first-order valence-corrected chi connectivity index (χ1v) is 11.7. The highest BCUT2D eigenvalue weighted by atomic mass is 32.2. The standard InChI is InChI=1S/C23H30N2O4S/c1-16-7-8-17(2)22(14-16)30(27,28)25-13-5-6-20(15-25)23(26)24-18(3)19-9-11-21(29-4)12-10-19/h7-12,14,18,20H,5-6,13,15H2,1-4H3,(H,24,26)/t18-,20+/m1/s1. The number of amides is 1. The molecule has 6 nitrogen and oxygen atoms in total. The van der Waals surface area contributed by atoms with E-state index >= 15 is 0 Å². The molecule has 0 spiro atoms. The van der Waals surface area contributed by atoms with Gasteiger partial charge in [-0.1, -0.05) is 24.3 Å². The third-order valence-electron chi connectivity index (χ3n) is 5.69. The van der Waals surface area contributed by atoms with Crippen molar-refractivity contribution in [2.45, 2.75) is 44.6 Å². The number of sulfonamides is 1. The summed E-state index contributed by atoms with van der Waals surface area (Å²) in [6.07, 6.45) is 1.35. The van der Waals surface area contributed by atoms with Crippen LogP contribution in [0.25, 0.3) is 0 Å². The molecule has 7 heteroatoms. The Bertz CT molecular complexity index is 1000. The number of aryl methyl sites for hydroxylation is 2. The number of hydrogen-bond acceptors (Lipinski definition) is 4. The highest BCUT2D eigenvalue weighted by Gasteiger charge is 2.34. The van der Waals surface area contributed by atoms with Gasteiger partial charge in [0, 0.05) is 13.1 Å². The summed E-state index contributed by atoms with van der Waals surface area (Å²) < 4.78 is 33.1. The summed E-state index contributed by atoms with van der Waals surface area (Å²) in [4.78, 5) is 13.2. The second-order valence-corrected chi connectivity index (χ2v) is 9.88. The summed E-state index contributed by atoms with van der Waals surface area (Å²) in [7, 11) is -2.02. The maximum Gasteiger partial charge on any atom is 0.243 e. The number of carbonyl (C=O) groups is 1. The van der Waals surface area contributed by atoms with Crippen LogP contribution in [0.5, 0.6) is 5.75 Å². The Morgan fingerprint density at radius 3 is 2.53 bits per heavy atom. The molecule has 162 valence electrons. The van der Waals surface area contributed by atoms with Gasteiger partial charge in [0.25, 0.3) is 0 Å². The molecule has 1 heterocycles. The van der Waals surface area contributed by atoms with Crippen LogP contribution in [0.15, 0.2) is 47.4 Å². The molecule has 0 bridgehead atoms. The largest absolute Gasteiger partial charge is 0.497 e. The predicted molar refractivity (Wildman–Crippen MR) is 117 cm³/mol. The SMILES string of the molecule is COc1ccc([C@@H](C)NC(=O)[C@H]2CCCN(S(=O)(=O)c3cc(C)ccc3C)C2)cc1. The number of rotatable bonds is 6. The molecular formula is C23H30N2O4S. The van der Waals surface area contributed by atoms with Crippen molar-refractivity contribution in [2.75, 3.05) is 20.2 Å². The van der Waals surface area contributed by atoms with E-state index in [4.69, 9.17) is 4.74 Å². The van der Waals surface area contributed by atoms with E-state index in [1.54, 1.807) is 20.1 Å². The maximum atomic E-state index is 13.2. The Balaban J connectivity index is 1.70. The molecular weight excluding hydrogens is 400 g/mol. The number of nitrogens with zero attached hydrogens (tertiary/aromatic N) is 1. The van der Waals surface area contributed by atoms with E-state index in [1.165, 1.54) is 4.31 Å². The topological polar surface area (TPSA) is 75.7 Å². The number of hydrogen-bond donors (Lipinski definition) is 1. The molecule has 0 aromatic heterocycles. The predicted octanol–water partition coefficient (Wildman–Crippen LogP) is 3.59.